The van der Waals surface area contributed by atoms with Gasteiger partial charge in [0.2, 0.25) is 5.89 Å². The van der Waals surface area contributed by atoms with Crippen molar-refractivity contribution in [2.24, 2.45) is 0 Å². The van der Waals surface area contributed by atoms with E-state index >= 15 is 0 Å². The number of hydrogen-bond acceptors (Lipinski definition) is 4. The fourth-order valence-corrected chi connectivity index (χ4v) is 1.83. The third-order valence-corrected chi connectivity index (χ3v) is 2.93. The predicted octanol–water partition coefficient (Wildman–Crippen LogP) is 2.77. The molecule has 0 bridgehead atoms. The second-order valence-corrected chi connectivity index (χ2v) is 4.91. The Bertz CT molecular complexity index is 615. The fraction of sp³-hybridized carbons (Fsp3) is 0.250. The number of carbonyl (C=O) groups is 1. The molecule has 0 spiro atoms. The van der Waals surface area contributed by atoms with Gasteiger partial charge < -0.3 is 9.84 Å². The predicted molar refractivity (Wildman–Crippen MR) is 69.0 cm³/mol. The van der Waals surface area contributed by atoms with Gasteiger partial charge in [-0.2, -0.15) is 4.98 Å². The van der Waals surface area contributed by atoms with Crippen molar-refractivity contribution in [2.45, 2.75) is 19.9 Å². The SMILES string of the molecule is Cc1noc([C@@H](C)NC(=O)c2ccc(Br)cc2F)n1. The molecule has 7 heteroatoms. The monoisotopic (exact) mass is 327 g/mol. The fourth-order valence-electron chi connectivity index (χ4n) is 1.50. The molecule has 0 fully saturated rings. The highest BCUT2D eigenvalue weighted by molar-refractivity contribution is 9.10. The van der Waals surface area contributed by atoms with Gasteiger partial charge >= 0.3 is 0 Å². The zero-order valence-corrected chi connectivity index (χ0v) is 11.9. The van der Waals surface area contributed by atoms with E-state index in [1.807, 2.05) is 0 Å². The summed E-state index contributed by atoms with van der Waals surface area (Å²) < 4.78 is 19.1. The lowest BCUT2D eigenvalue weighted by molar-refractivity contribution is 0.0928. The van der Waals surface area contributed by atoms with Crippen LogP contribution in [0.25, 0.3) is 0 Å². The van der Waals surface area contributed by atoms with Crippen LogP contribution in [0.1, 0.15) is 35.0 Å². The van der Waals surface area contributed by atoms with Crippen molar-refractivity contribution >= 4 is 21.8 Å². The zero-order valence-electron chi connectivity index (χ0n) is 10.3. The quantitative estimate of drug-likeness (QED) is 0.941. The van der Waals surface area contributed by atoms with E-state index in [0.29, 0.717) is 10.3 Å². The lowest BCUT2D eigenvalue weighted by atomic mass is 10.2. The molecule has 100 valence electrons. The van der Waals surface area contributed by atoms with Gasteiger partial charge in [0.25, 0.3) is 5.91 Å². The molecule has 2 rings (SSSR count). The molecular formula is C12H11BrFN3O2. The summed E-state index contributed by atoms with van der Waals surface area (Å²) in [4.78, 5) is 15.9. The van der Waals surface area contributed by atoms with Crippen molar-refractivity contribution in [3.05, 3.63) is 45.8 Å². The van der Waals surface area contributed by atoms with E-state index in [1.54, 1.807) is 19.9 Å². The Labute approximate surface area is 117 Å². The first-order chi connectivity index (χ1) is 8.97. The van der Waals surface area contributed by atoms with E-state index in [2.05, 4.69) is 31.4 Å². The molecule has 1 aromatic carbocycles. The average molecular weight is 328 g/mol. The maximum absolute atomic E-state index is 13.6. The van der Waals surface area contributed by atoms with Crippen LogP contribution in [0, 0.1) is 12.7 Å². The Kier molecular flexibility index (Phi) is 3.94. The van der Waals surface area contributed by atoms with Crippen molar-refractivity contribution in [2.75, 3.05) is 0 Å². The van der Waals surface area contributed by atoms with Crippen LogP contribution in [0.15, 0.2) is 27.2 Å². The number of benzene rings is 1. The Morgan fingerprint density at radius 2 is 2.26 bits per heavy atom. The summed E-state index contributed by atoms with van der Waals surface area (Å²) in [5.74, 6) is -0.372. The third kappa shape index (κ3) is 3.17. The van der Waals surface area contributed by atoms with Gasteiger partial charge in [-0.15, -0.1) is 0 Å². The summed E-state index contributed by atoms with van der Waals surface area (Å²) in [5, 5.41) is 6.22. The number of aromatic nitrogens is 2. The summed E-state index contributed by atoms with van der Waals surface area (Å²) in [6.45, 7) is 3.36. The van der Waals surface area contributed by atoms with Crippen LogP contribution in [0.3, 0.4) is 0 Å². The highest BCUT2D eigenvalue weighted by Crippen LogP contribution is 2.16. The molecule has 0 unspecified atom stereocenters. The minimum Gasteiger partial charge on any atom is -0.340 e. The molecular weight excluding hydrogens is 317 g/mol. The zero-order chi connectivity index (χ0) is 14.0. The summed E-state index contributed by atoms with van der Waals surface area (Å²) in [6.07, 6.45) is 0. The Balaban J connectivity index is 2.12. The molecule has 0 aliphatic carbocycles. The molecule has 0 aliphatic heterocycles. The number of carbonyl (C=O) groups excluding carboxylic acids is 1. The van der Waals surface area contributed by atoms with E-state index in [4.69, 9.17) is 4.52 Å². The van der Waals surface area contributed by atoms with Crippen LogP contribution in [-0.2, 0) is 0 Å². The molecule has 1 amide bonds. The molecule has 5 nitrogen and oxygen atoms in total. The summed E-state index contributed by atoms with van der Waals surface area (Å²) in [6, 6.07) is 3.74. The normalized spacial score (nSPS) is 12.2. The molecule has 0 radical (unpaired) electrons. The standard InChI is InChI=1S/C12H11BrFN3O2/c1-6(12-16-7(2)17-19-12)15-11(18)9-4-3-8(13)5-10(9)14/h3-6H,1-2H3,(H,15,18)/t6-/m1/s1. The lowest BCUT2D eigenvalue weighted by Gasteiger charge is -2.10. The minimum atomic E-state index is -0.596. The Morgan fingerprint density at radius 1 is 1.53 bits per heavy atom. The van der Waals surface area contributed by atoms with Crippen molar-refractivity contribution in [3.63, 3.8) is 0 Å². The van der Waals surface area contributed by atoms with Crippen LogP contribution in [-0.4, -0.2) is 16.0 Å². The first-order valence-corrected chi connectivity index (χ1v) is 6.33. The Morgan fingerprint density at radius 3 is 2.84 bits per heavy atom. The number of aryl methyl sites for hydroxylation is 1. The highest BCUT2D eigenvalue weighted by Gasteiger charge is 2.18. The molecule has 0 saturated heterocycles. The van der Waals surface area contributed by atoms with Gasteiger partial charge in [-0.3, -0.25) is 4.79 Å². The molecule has 1 heterocycles. The summed E-state index contributed by atoms with van der Waals surface area (Å²) in [5.41, 5.74) is -0.0358. The van der Waals surface area contributed by atoms with Gasteiger partial charge in [0.15, 0.2) is 5.82 Å². The molecule has 1 aromatic heterocycles. The molecule has 1 atom stereocenters. The maximum atomic E-state index is 13.6. The number of halogens is 2. The second kappa shape index (κ2) is 5.48. The van der Waals surface area contributed by atoms with Crippen LogP contribution in [0.5, 0.6) is 0 Å². The summed E-state index contributed by atoms with van der Waals surface area (Å²) >= 11 is 3.13. The van der Waals surface area contributed by atoms with Gasteiger partial charge in [-0.1, -0.05) is 21.1 Å². The van der Waals surface area contributed by atoms with Gasteiger partial charge in [0.05, 0.1) is 5.56 Å². The van der Waals surface area contributed by atoms with Gasteiger partial charge in [-0.25, -0.2) is 4.39 Å². The molecule has 0 saturated carbocycles. The lowest BCUT2D eigenvalue weighted by Crippen LogP contribution is -2.27. The Hall–Kier alpha value is -1.76. The van der Waals surface area contributed by atoms with Crippen molar-refractivity contribution < 1.29 is 13.7 Å². The molecule has 2 aromatic rings. The van der Waals surface area contributed by atoms with Crippen LogP contribution < -0.4 is 5.32 Å². The average Bonchev–Trinajstić information content (AvgIpc) is 2.75. The van der Waals surface area contributed by atoms with E-state index in [-0.39, 0.29) is 11.5 Å². The van der Waals surface area contributed by atoms with Crippen LogP contribution in [0.2, 0.25) is 0 Å². The number of nitrogens with one attached hydrogen (secondary N) is 1. The van der Waals surface area contributed by atoms with Crippen molar-refractivity contribution in [3.8, 4) is 0 Å². The number of rotatable bonds is 3. The van der Waals surface area contributed by atoms with Gasteiger partial charge in [0, 0.05) is 4.47 Å². The van der Waals surface area contributed by atoms with E-state index in [1.165, 1.54) is 12.1 Å². The number of amides is 1. The van der Waals surface area contributed by atoms with Crippen molar-refractivity contribution in [1.29, 1.82) is 0 Å². The van der Waals surface area contributed by atoms with Gasteiger partial charge in [-0.05, 0) is 32.0 Å². The third-order valence-electron chi connectivity index (χ3n) is 2.44. The highest BCUT2D eigenvalue weighted by atomic mass is 79.9. The maximum Gasteiger partial charge on any atom is 0.254 e. The van der Waals surface area contributed by atoms with Crippen molar-refractivity contribution in [1.82, 2.24) is 15.5 Å². The van der Waals surface area contributed by atoms with E-state index < -0.39 is 17.8 Å². The molecule has 1 N–H and O–H groups in total. The van der Waals surface area contributed by atoms with Crippen LogP contribution >= 0.6 is 15.9 Å². The van der Waals surface area contributed by atoms with E-state index in [9.17, 15) is 9.18 Å². The summed E-state index contributed by atoms with van der Waals surface area (Å²) in [7, 11) is 0. The first kappa shape index (κ1) is 13.7. The van der Waals surface area contributed by atoms with Crippen LogP contribution in [0.4, 0.5) is 4.39 Å². The minimum absolute atomic E-state index is 0.0358. The number of nitrogens with zero attached hydrogens (tertiary/aromatic N) is 2. The topological polar surface area (TPSA) is 68.0 Å². The largest absolute Gasteiger partial charge is 0.340 e. The first-order valence-electron chi connectivity index (χ1n) is 5.53. The van der Waals surface area contributed by atoms with Gasteiger partial charge in [0.1, 0.15) is 11.9 Å². The number of hydrogen-bond donors (Lipinski definition) is 1. The smallest absolute Gasteiger partial charge is 0.254 e. The molecule has 19 heavy (non-hydrogen) atoms. The second-order valence-electron chi connectivity index (χ2n) is 4.00. The van der Waals surface area contributed by atoms with E-state index in [0.717, 1.165) is 0 Å². The molecule has 0 aliphatic rings.